The number of carbonyl (C=O) groups excluding carboxylic acids is 2. The number of carbonyl (C=O) groups is 2. The maximum atomic E-state index is 12.5. The van der Waals surface area contributed by atoms with Gasteiger partial charge in [-0.1, -0.05) is 23.9 Å². The van der Waals surface area contributed by atoms with E-state index in [2.05, 4.69) is 0 Å². The van der Waals surface area contributed by atoms with Crippen molar-refractivity contribution in [1.82, 2.24) is 0 Å². The lowest BCUT2D eigenvalue weighted by atomic mass is 10.3. The minimum Gasteiger partial charge on any atom is -0.310 e. The van der Waals surface area contributed by atoms with Crippen LogP contribution in [0.1, 0.15) is 27.2 Å². The quantitative estimate of drug-likeness (QED) is 0.840. The van der Waals surface area contributed by atoms with Crippen molar-refractivity contribution < 1.29 is 18.0 Å². The maximum absolute atomic E-state index is 12.5. The molecular formula is C15H19NO4S2. The Labute approximate surface area is 135 Å². The summed E-state index contributed by atoms with van der Waals surface area (Å²) in [6, 6.07) is 6.55. The average molecular weight is 341 g/mol. The second kappa shape index (κ2) is 6.42. The van der Waals surface area contributed by atoms with Crippen LogP contribution >= 0.6 is 11.8 Å². The van der Waals surface area contributed by atoms with Gasteiger partial charge in [-0.05, 0) is 26.0 Å². The Bertz CT molecular complexity index is 697. The molecule has 0 aliphatic carbocycles. The SMILES string of the molecule is CC(=O)SC1CC(=O)N(c2ccccc2S(=O)(=O)C(C)C)C1. The monoisotopic (exact) mass is 341 g/mol. The number of thioether (sulfide) groups is 1. The average Bonchev–Trinajstić information content (AvgIpc) is 2.78. The molecule has 120 valence electrons. The molecule has 1 aliphatic rings. The number of hydrogen-bond donors (Lipinski definition) is 0. The van der Waals surface area contributed by atoms with Gasteiger partial charge < -0.3 is 4.90 Å². The van der Waals surface area contributed by atoms with Gasteiger partial charge >= 0.3 is 0 Å². The van der Waals surface area contributed by atoms with Gasteiger partial charge in [0, 0.05) is 25.1 Å². The summed E-state index contributed by atoms with van der Waals surface area (Å²) < 4.78 is 25.0. The lowest BCUT2D eigenvalue weighted by Crippen LogP contribution is -2.28. The predicted octanol–water partition coefficient (Wildman–Crippen LogP) is 2.25. The topological polar surface area (TPSA) is 71.5 Å². The first kappa shape index (κ1) is 17.0. The van der Waals surface area contributed by atoms with Crippen molar-refractivity contribution in [3.05, 3.63) is 24.3 Å². The third kappa shape index (κ3) is 3.35. The van der Waals surface area contributed by atoms with Crippen molar-refractivity contribution >= 4 is 38.3 Å². The molecule has 1 unspecified atom stereocenters. The van der Waals surface area contributed by atoms with E-state index in [1.54, 1.807) is 32.0 Å². The molecule has 1 fully saturated rings. The van der Waals surface area contributed by atoms with Crippen molar-refractivity contribution in [3.63, 3.8) is 0 Å². The first-order chi connectivity index (χ1) is 10.2. The summed E-state index contributed by atoms with van der Waals surface area (Å²) in [5.41, 5.74) is 0.410. The van der Waals surface area contributed by atoms with Crippen LogP contribution in [0.2, 0.25) is 0 Å². The highest BCUT2D eigenvalue weighted by Gasteiger charge is 2.35. The van der Waals surface area contributed by atoms with E-state index in [-0.39, 0.29) is 27.6 Å². The molecule has 0 spiro atoms. The smallest absolute Gasteiger partial charge is 0.228 e. The molecule has 5 nitrogen and oxygen atoms in total. The van der Waals surface area contributed by atoms with Gasteiger partial charge in [0.1, 0.15) is 0 Å². The maximum Gasteiger partial charge on any atom is 0.228 e. The molecule has 1 aliphatic heterocycles. The Morgan fingerprint density at radius 2 is 1.95 bits per heavy atom. The number of amides is 1. The van der Waals surface area contributed by atoms with Crippen molar-refractivity contribution in [3.8, 4) is 0 Å². The standard InChI is InChI=1S/C15H19NO4S2/c1-10(2)22(19,20)14-7-5-4-6-13(14)16-9-12(8-15(16)18)21-11(3)17/h4-7,10,12H,8-9H2,1-3H3. The first-order valence-electron chi connectivity index (χ1n) is 7.04. The van der Waals surface area contributed by atoms with Crippen LogP contribution in [0.25, 0.3) is 0 Å². The number of sulfone groups is 1. The normalized spacial score (nSPS) is 19.0. The van der Waals surface area contributed by atoms with Crippen molar-refractivity contribution in [2.45, 2.75) is 42.6 Å². The molecular weight excluding hydrogens is 322 g/mol. The number of benzene rings is 1. The third-order valence-electron chi connectivity index (χ3n) is 3.51. The fraction of sp³-hybridized carbons (Fsp3) is 0.467. The van der Waals surface area contributed by atoms with E-state index in [1.165, 1.54) is 17.9 Å². The third-order valence-corrected chi connectivity index (χ3v) is 6.69. The van der Waals surface area contributed by atoms with Gasteiger partial charge in [0.2, 0.25) is 5.91 Å². The Morgan fingerprint density at radius 1 is 1.32 bits per heavy atom. The lowest BCUT2D eigenvalue weighted by Gasteiger charge is -2.21. The molecule has 1 saturated heterocycles. The lowest BCUT2D eigenvalue weighted by molar-refractivity contribution is -0.117. The largest absolute Gasteiger partial charge is 0.310 e. The summed E-state index contributed by atoms with van der Waals surface area (Å²) in [7, 11) is -3.48. The molecule has 7 heteroatoms. The molecule has 1 aromatic carbocycles. The molecule has 1 amide bonds. The van der Waals surface area contributed by atoms with E-state index in [4.69, 9.17) is 0 Å². The van der Waals surface area contributed by atoms with E-state index in [1.807, 2.05) is 0 Å². The fourth-order valence-electron chi connectivity index (χ4n) is 2.40. The molecule has 1 atom stereocenters. The number of hydrogen-bond acceptors (Lipinski definition) is 5. The summed E-state index contributed by atoms with van der Waals surface area (Å²) in [4.78, 5) is 25.1. The molecule has 2 rings (SSSR count). The summed E-state index contributed by atoms with van der Waals surface area (Å²) >= 11 is 1.13. The minimum absolute atomic E-state index is 0.0391. The van der Waals surface area contributed by atoms with Crippen molar-refractivity contribution in [2.24, 2.45) is 0 Å². The van der Waals surface area contributed by atoms with Crippen LogP contribution in [0.4, 0.5) is 5.69 Å². The van der Waals surface area contributed by atoms with Crippen LogP contribution < -0.4 is 4.90 Å². The van der Waals surface area contributed by atoms with E-state index >= 15 is 0 Å². The van der Waals surface area contributed by atoms with Crippen molar-refractivity contribution in [1.29, 1.82) is 0 Å². The van der Waals surface area contributed by atoms with E-state index in [0.717, 1.165) is 11.8 Å². The highest BCUT2D eigenvalue weighted by Crippen LogP contribution is 2.33. The fourth-order valence-corrected chi connectivity index (χ4v) is 4.56. The van der Waals surface area contributed by atoms with Gasteiger partial charge in [0.05, 0.1) is 15.8 Å². The number of anilines is 1. The number of nitrogens with zero attached hydrogens (tertiary/aromatic N) is 1. The first-order valence-corrected chi connectivity index (χ1v) is 9.46. The van der Waals surface area contributed by atoms with Crippen molar-refractivity contribution in [2.75, 3.05) is 11.4 Å². The minimum atomic E-state index is -3.48. The summed E-state index contributed by atoms with van der Waals surface area (Å²) in [5, 5.41) is -0.726. The Balaban J connectivity index is 2.38. The Morgan fingerprint density at radius 3 is 2.55 bits per heavy atom. The summed E-state index contributed by atoms with van der Waals surface area (Å²) in [6.45, 7) is 5.06. The molecule has 0 radical (unpaired) electrons. The highest BCUT2D eigenvalue weighted by molar-refractivity contribution is 8.14. The predicted molar refractivity (Wildman–Crippen MR) is 87.8 cm³/mol. The number of rotatable bonds is 4. The molecule has 0 bridgehead atoms. The zero-order chi connectivity index (χ0) is 16.5. The van der Waals surface area contributed by atoms with Crippen LogP contribution in [0.3, 0.4) is 0 Å². The van der Waals surface area contributed by atoms with Crippen LogP contribution in [-0.2, 0) is 19.4 Å². The zero-order valence-electron chi connectivity index (χ0n) is 12.8. The van der Waals surface area contributed by atoms with E-state index < -0.39 is 15.1 Å². The molecule has 0 N–H and O–H groups in total. The van der Waals surface area contributed by atoms with Crippen LogP contribution in [0.5, 0.6) is 0 Å². The van der Waals surface area contributed by atoms with Crippen LogP contribution in [-0.4, -0.2) is 36.5 Å². The van der Waals surface area contributed by atoms with Crippen LogP contribution in [0, 0.1) is 0 Å². The molecule has 1 heterocycles. The molecule has 22 heavy (non-hydrogen) atoms. The molecule has 0 saturated carbocycles. The second-order valence-electron chi connectivity index (χ2n) is 5.50. The van der Waals surface area contributed by atoms with Gasteiger partial charge in [0.25, 0.3) is 0 Å². The molecule has 1 aromatic rings. The van der Waals surface area contributed by atoms with E-state index in [9.17, 15) is 18.0 Å². The second-order valence-corrected chi connectivity index (χ2v) is 9.45. The highest BCUT2D eigenvalue weighted by atomic mass is 32.2. The van der Waals surface area contributed by atoms with Gasteiger partial charge in [-0.2, -0.15) is 0 Å². The van der Waals surface area contributed by atoms with Gasteiger partial charge in [-0.3, -0.25) is 9.59 Å². The number of para-hydroxylation sites is 1. The summed E-state index contributed by atoms with van der Waals surface area (Å²) in [6.07, 6.45) is 0.250. The Kier molecular flexibility index (Phi) is 4.97. The van der Waals surface area contributed by atoms with Crippen LogP contribution in [0.15, 0.2) is 29.2 Å². The zero-order valence-corrected chi connectivity index (χ0v) is 14.4. The van der Waals surface area contributed by atoms with Gasteiger partial charge in [0.15, 0.2) is 15.0 Å². The Hall–Kier alpha value is -1.34. The summed E-state index contributed by atoms with van der Waals surface area (Å²) in [5.74, 6) is -0.148. The molecule has 0 aromatic heterocycles. The van der Waals surface area contributed by atoms with E-state index in [0.29, 0.717) is 12.2 Å². The van der Waals surface area contributed by atoms with Gasteiger partial charge in [-0.25, -0.2) is 8.42 Å². The van der Waals surface area contributed by atoms with Gasteiger partial charge in [-0.15, -0.1) is 0 Å².